The van der Waals surface area contributed by atoms with Crippen molar-refractivity contribution in [2.75, 3.05) is 52.4 Å². The number of hydrogen-bond acceptors (Lipinski definition) is 0. The minimum Gasteiger partial charge on any atom is -1.00 e. The summed E-state index contributed by atoms with van der Waals surface area (Å²) in [5.74, 6) is 0. The van der Waals surface area contributed by atoms with E-state index in [1.54, 1.807) is 0 Å². The predicted octanol–water partition coefficient (Wildman–Crippen LogP) is -2.70. The predicted molar refractivity (Wildman–Crippen MR) is 82.6 cm³/mol. The highest BCUT2D eigenvalue weighted by Crippen LogP contribution is 2.08. The Balaban J connectivity index is -0.00000144. The first-order valence-corrected chi connectivity index (χ1v) is 7.92. The van der Waals surface area contributed by atoms with Crippen LogP contribution >= 0.6 is 0 Å². The van der Waals surface area contributed by atoms with E-state index >= 15 is 0 Å². The fourth-order valence-electron chi connectivity index (χ4n) is 2.71. The summed E-state index contributed by atoms with van der Waals surface area (Å²) in [6.07, 6.45) is 4.84. The Morgan fingerprint density at radius 3 is 0.850 bits per heavy atom. The third-order valence-electron chi connectivity index (χ3n) is 5.18. The Morgan fingerprint density at radius 2 is 0.700 bits per heavy atom. The Labute approximate surface area is 140 Å². The number of quaternary nitrogens is 2. The second-order valence-corrected chi connectivity index (χ2v) is 5.42. The van der Waals surface area contributed by atoms with Gasteiger partial charge in [-0.15, -0.1) is 0 Å². The molecule has 0 radical (unpaired) electrons. The molecule has 0 saturated heterocycles. The summed E-state index contributed by atoms with van der Waals surface area (Å²) in [6.45, 7) is 23.7. The van der Waals surface area contributed by atoms with Gasteiger partial charge in [-0.2, -0.15) is 0 Å². The Morgan fingerprint density at radius 1 is 0.500 bits per heavy atom. The van der Waals surface area contributed by atoms with E-state index in [-0.39, 0.29) is 24.8 Å². The molecule has 2 nitrogen and oxygen atoms in total. The van der Waals surface area contributed by atoms with Crippen molar-refractivity contribution in [2.24, 2.45) is 0 Å². The average molecular weight is 327 g/mol. The molecular weight excluding hydrogens is 291 g/mol. The molecule has 0 amide bonds. The second-order valence-electron chi connectivity index (χ2n) is 5.42. The van der Waals surface area contributed by atoms with Crippen LogP contribution in [0.25, 0.3) is 0 Å². The highest BCUT2D eigenvalue weighted by atomic mass is 35.5. The SMILES string of the molecule is CC[N+](CC)(CC)C/C=C/C[N+](CC)(CC)CC.[Cl-].[Cl-]. The van der Waals surface area contributed by atoms with Gasteiger partial charge in [-0.25, -0.2) is 0 Å². The largest absolute Gasteiger partial charge is 1.00 e. The van der Waals surface area contributed by atoms with Crippen LogP contribution in [0.1, 0.15) is 41.5 Å². The van der Waals surface area contributed by atoms with Gasteiger partial charge in [0.2, 0.25) is 0 Å². The maximum Gasteiger partial charge on any atom is 0.0975 e. The van der Waals surface area contributed by atoms with Gasteiger partial charge in [0, 0.05) is 0 Å². The van der Waals surface area contributed by atoms with Crippen molar-refractivity contribution in [3.05, 3.63) is 12.2 Å². The van der Waals surface area contributed by atoms with Crippen LogP contribution in [0, 0.1) is 0 Å². The van der Waals surface area contributed by atoms with E-state index in [4.69, 9.17) is 0 Å². The molecule has 0 heterocycles. The van der Waals surface area contributed by atoms with Crippen molar-refractivity contribution < 1.29 is 33.8 Å². The maximum atomic E-state index is 2.42. The van der Waals surface area contributed by atoms with Crippen molar-refractivity contribution >= 4 is 0 Å². The molecule has 0 rings (SSSR count). The van der Waals surface area contributed by atoms with Gasteiger partial charge in [0.1, 0.15) is 0 Å². The molecule has 4 heteroatoms. The molecule has 0 fully saturated rings. The molecule has 0 aliphatic carbocycles. The monoisotopic (exact) mass is 326 g/mol. The van der Waals surface area contributed by atoms with Crippen molar-refractivity contribution in [1.82, 2.24) is 0 Å². The fourth-order valence-corrected chi connectivity index (χ4v) is 2.71. The minimum atomic E-state index is 0. The van der Waals surface area contributed by atoms with Crippen LogP contribution < -0.4 is 24.8 Å². The lowest BCUT2D eigenvalue weighted by molar-refractivity contribution is -0.920. The lowest BCUT2D eigenvalue weighted by Gasteiger charge is -2.36. The van der Waals surface area contributed by atoms with Crippen LogP contribution in [0.15, 0.2) is 12.2 Å². The van der Waals surface area contributed by atoms with Crippen molar-refractivity contribution in [2.45, 2.75) is 41.5 Å². The summed E-state index contributed by atoms with van der Waals surface area (Å²) in [5.41, 5.74) is 0. The first-order chi connectivity index (χ1) is 8.57. The van der Waals surface area contributed by atoms with Gasteiger partial charge in [0.25, 0.3) is 0 Å². The smallest absolute Gasteiger partial charge is 0.0975 e. The summed E-state index contributed by atoms with van der Waals surface area (Å²) in [4.78, 5) is 0. The minimum absolute atomic E-state index is 0. The molecule has 0 saturated carbocycles. The normalized spacial score (nSPS) is 12.1. The number of hydrogen-bond donors (Lipinski definition) is 0. The van der Waals surface area contributed by atoms with E-state index in [2.05, 4.69) is 53.7 Å². The van der Waals surface area contributed by atoms with Crippen LogP contribution in [-0.2, 0) is 0 Å². The van der Waals surface area contributed by atoms with Crippen molar-refractivity contribution in [3.8, 4) is 0 Å². The molecule has 0 aliphatic rings. The van der Waals surface area contributed by atoms with Gasteiger partial charge in [0.15, 0.2) is 0 Å². The maximum absolute atomic E-state index is 2.42. The van der Waals surface area contributed by atoms with Gasteiger partial charge in [-0.05, 0) is 53.7 Å². The fraction of sp³-hybridized carbons (Fsp3) is 0.875. The highest BCUT2D eigenvalue weighted by Gasteiger charge is 2.20. The zero-order valence-corrected chi connectivity index (χ0v) is 16.0. The number of likely N-dealkylation sites (N-methyl/N-ethyl adjacent to an activating group) is 2. The van der Waals surface area contributed by atoms with Gasteiger partial charge in [-0.3, -0.25) is 0 Å². The third kappa shape index (κ3) is 7.31. The number of nitrogens with zero attached hydrogens (tertiary/aromatic N) is 2. The lowest BCUT2D eigenvalue weighted by Crippen LogP contribution is -3.00. The van der Waals surface area contributed by atoms with Gasteiger partial charge in [0.05, 0.1) is 52.4 Å². The summed E-state index contributed by atoms with van der Waals surface area (Å²) >= 11 is 0. The van der Waals surface area contributed by atoms with E-state index in [0.29, 0.717) is 0 Å². The van der Waals surface area contributed by atoms with E-state index in [9.17, 15) is 0 Å². The lowest BCUT2D eigenvalue weighted by atomic mass is 10.3. The summed E-state index contributed by atoms with van der Waals surface area (Å²) in [7, 11) is 0. The Hall–Kier alpha value is 0.240. The van der Waals surface area contributed by atoms with E-state index in [1.165, 1.54) is 61.3 Å². The zero-order chi connectivity index (χ0) is 14.1. The Kier molecular flexibility index (Phi) is 16.3. The van der Waals surface area contributed by atoms with Crippen LogP contribution in [0.3, 0.4) is 0 Å². The average Bonchev–Trinajstić information content (AvgIpc) is 2.45. The molecule has 0 aromatic carbocycles. The molecule has 124 valence electrons. The van der Waals surface area contributed by atoms with Crippen LogP contribution in [0.2, 0.25) is 0 Å². The third-order valence-corrected chi connectivity index (χ3v) is 5.18. The van der Waals surface area contributed by atoms with E-state index in [1.807, 2.05) is 0 Å². The zero-order valence-electron chi connectivity index (χ0n) is 14.5. The molecule has 0 atom stereocenters. The first kappa shape index (κ1) is 25.2. The van der Waals surface area contributed by atoms with E-state index in [0.717, 1.165) is 0 Å². The van der Waals surface area contributed by atoms with E-state index < -0.39 is 0 Å². The number of halogens is 2. The second kappa shape index (κ2) is 12.9. The van der Waals surface area contributed by atoms with Gasteiger partial charge < -0.3 is 33.8 Å². The van der Waals surface area contributed by atoms with Crippen LogP contribution in [0.5, 0.6) is 0 Å². The summed E-state index contributed by atoms with van der Waals surface area (Å²) in [5, 5.41) is 0. The first-order valence-electron chi connectivity index (χ1n) is 7.92. The molecule has 0 aromatic heterocycles. The molecule has 0 bridgehead atoms. The standard InChI is InChI=1S/C16H36N2.2ClH/c1-7-17(8-2,9-3)15-13-14-16-18(10-4,11-5)12-6;;/h13-14H,7-12,15-16H2,1-6H3;2*1H/q+2;;/p-2/b14-13+;;. The molecule has 20 heavy (non-hydrogen) atoms. The quantitative estimate of drug-likeness (QED) is 0.303. The number of rotatable bonds is 10. The van der Waals surface area contributed by atoms with Crippen molar-refractivity contribution in [3.63, 3.8) is 0 Å². The Bertz CT molecular complexity index is 194. The summed E-state index contributed by atoms with van der Waals surface area (Å²) < 4.78 is 2.45. The summed E-state index contributed by atoms with van der Waals surface area (Å²) in [6, 6.07) is 0. The molecule has 0 spiro atoms. The van der Waals surface area contributed by atoms with Gasteiger partial charge in [-0.1, -0.05) is 0 Å². The molecule has 0 aromatic rings. The van der Waals surface area contributed by atoms with Gasteiger partial charge >= 0.3 is 0 Å². The highest BCUT2D eigenvalue weighted by molar-refractivity contribution is 4.82. The van der Waals surface area contributed by atoms with Crippen molar-refractivity contribution in [1.29, 1.82) is 0 Å². The molecule has 0 aliphatic heterocycles. The topological polar surface area (TPSA) is 0 Å². The molecule has 0 unspecified atom stereocenters. The van der Waals surface area contributed by atoms with Crippen LogP contribution in [0.4, 0.5) is 0 Å². The molecule has 0 N–H and O–H groups in total. The molecular formula is C16H36Cl2N2. The van der Waals surface area contributed by atoms with Crippen LogP contribution in [-0.4, -0.2) is 61.3 Å².